The lowest BCUT2D eigenvalue weighted by atomic mass is 10.2. The van der Waals surface area contributed by atoms with E-state index in [1.165, 1.54) is 0 Å². The minimum absolute atomic E-state index is 0.00856. The average Bonchev–Trinajstić information content (AvgIpc) is 2.98. The van der Waals surface area contributed by atoms with E-state index in [2.05, 4.69) is 10.3 Å². The van der Waals surface area contributed by atoms with Gasteiger partial charge in [0, 0.05) is 13.1 Å². The van der Waals surface area contributed by atoms with Crippen LogP contribution in [0.4, 0.5) is 5.69 Å². The summed E-state index contributed by atoms with van der Waals surface area (Å²) in [5.41, 5.74) is 1.09. The maximum atomic E-state index is 12.8. The predicted molar refractivity (Wildman–Crippen MR) is 109 cm³/mol. The number of carbonyl (C=O) groups excluding carboxylic acids is 2. The van der Waals surface area contributed by atoms with Crippen LogP contribution in [0, 0.1) is 0 Å². The lowest BCUT2D eigenvalue weighted by molar-refractivity contribution is 0.0755. The zero-order valence-electron chi connectivity index (χ0n) is 16.5. The molecule has 1 aromatic carbocycles. The summed E-state index contributed by atoms with van der Waals surface area (Å²) in [6.45, 7) is 5.35. The molecule has 1 N–H and O–H groups in total. The van der Waals surface area contributed by atoms with Gasteiger partial charge < -0.3 is 15.0 Å². The molecule has 1 saturated heterocycles. The third-order valence-electron chi connectivity index (χ3n) is 4.59. The number of benzene rings is 1. The Balaban J connectivity index is 1.75. The lowest BCUT2D eigenvalue weighted by Crippen LogP contribution is -2.32. The summed E-state index contributed by atoms with van der Waals surface area (Å²) in [7, 11) is 0. The lowest BCUT2D eigenvalue weighted by Gasteiger charge is -2.20. The number of rotatable bonds is 5. The summed E-state index contributed by atoms with van der Waals surface area (Å²) in [6.07, 6.45) is 4.32. The third-order valence-corrected chi connectivity index (χ3v) is 4.59. The van der Waals surface area contributed by atoms with Crippen molar-refractivity contribution >= 4 is 17.5 Å². The predicted octanol–water partition coefficient (Wildman–Crippen LogP) is 4.14. The molecule has 3 rings (SSSR count). The van der Waals surface area contributed by atoms with Gasteiger partial charge in [-0.05, 0) is 51.0 Å². The summed E-state index contributed by atoms with van der Waals surface area (Å²) >= 11 is 0. The number of likely N-dealkylation sites (tertiary alicyclic amines) is 1. The first kappa shape index (κ1) is 19.9. The van der Waals surface area contributed by atoms with Gasteiger partial charge in [-0.3, -0.25) is 9.59 Å². The van der Waals surface area contributed by atoms with Crippen molar-refractivity contribution in [2.24, 2.45) is 0 Å². The number of aromatic nitrogens is 1. The highest BCUT2D eigenvalue weighted by Gasteiger charge is 2.20. The van der Waals surface area contributed by atoms with Gasteiger partial charge in [0.15, 0.2) is 0 Å². The molecule has 0 atom stereocenters. The molecule has 1 aromatic heterocycles. The van der Waals surface area contributed by atoms with E-state index in [0.717, 1.165) is 38.8 Å². The minimum Gasteiger partial charge on any atom is -0.489 e. The number of pyridine rings is 1. The second-order valence-corrected chi connectivity index (χ2v) is 7.23. The highest BCUT2D eigenvalue weighted by molar-refractivity contribution is 6.04. The van der Waals surface area contributed by atoms with E-state index >= 15 is 0 Å². The Kier molecular flexibility index (Phi) is 6.63. The molecule has 2 amide bonds. The Bertz CT molecular complexity index is 827. The van der Waals surface area contributed by atoms with Crippen LogP contribution in [0.2, 0.25) is 0 Å². The van der Waals surface area contributed by atoms with E-state index in [1.807, 2.05) is 36.9 Å². The molecule has 0 unspecified atom stereocenters. The maximum Gasteiger partial charge on any atom is 0.274 e. The van der Waals surface area contributed by atoms with Crippen LogP contribution in [0.15, 0.2) is 42.5 Å². The van der Waals surface area contributed by atoms with Crippen LogP contribution in [-0.2, 0) is 0 Å². The van der Waals surface area contributed by atoms with Crippen molar-refractivity contribution in [3.8, 4) is 5.75 Å². The van der Waals surface area contributed by atoms with Crippen molar-refractivity contribution in [2.45, 2.75) is 45.6 Å². The SMILES string of the molecule is CC(C)Oc1ccccc1NC(=O)c1cccc(C(=O)N2CCCCCC2)n1. The Morgan fingerprint density at radius 2 is 1.64 bits per heavy atom. The van der Waals surface area contributed by atoms with E-state index in [4.69, 9.17) is 4.74 Å². The van der Waals surface area contributed by atoms with E-state index in [1.54, 1.807) is 24.3 Å². The molecule has 0 saturated carbocycles. The Morgan fingerprint density at radius 3 is 2.36 bits per heavy atom. The second kappa shape index (κ2) is 9.35. The molecule has 6 nitrogen and oxygen atoms in total. The van der Waals surface area contributed by atoms with Gasteiger partial charge >= 0.3 is 0 Å². The normalized spacial score (nSPS) is 14.5. The van der Waals surface area contributed by atoms with Crippen molar-refractivity contribution in [1.82, 2.24) is 9.88 Å². The molecular weight excluding hydrogens is 354 g/mol. The van der Waals surface area contributed by atoms with Crippen LogP contribution in [0.25, 0.3) is 0 Å². The first-order valence-corrected chi connectivity index (χ1v) is 9.88. The van der Waals surface area contributed by atoms with Gasteiger partial charge in [0.2, 0.25) is 0 Å². The number of nitrogens with one attached hydrogen (secondary N) is 1. The smallest absolute Gasteiger partial charge is 0.274 e. The van der Waals surface area contributed by atoms with Crippen molar-refractivity contribution < 1.29 is 14.3 Å². The summed E-state index contributed by atoms with van der Waals surface area (Å²) in [4.78, 5) is 31.6. The van der Waals surface area contributed by atoms with Crippen molar-refractivity contribution in [3.63, 3.8) is 0 Å². The van der Waals surface area contributed by atoms with E-state index < -0.39 is 0 Å². The van der Waals surface area contributed by atoms with Crippen molar-refractivity contribution in [3.05, 3.63) is 53.9 Å². The number of ether oxygens (including phenoxy) is 1. The average molecular weight is 381 g/mol. The maximum absolute atomic E-state index is 12.8. The van der Waals surface area contributed by atoms with Gasteiger partial charge in [-0.2, -0.15) is 0 Å². The summed E-state index contributed by atoms with van der Waals surface area (Å²) in [5.74, 6) is 0.119. The number of nitrogens with zero attached hydrogens (tertiary/aromatic N) is 2. The van der Waals surface area contributed by atoms with Crippen LogP contribution >= 0.6 is 0 Å². The zero-order valence-corrected chi connectivity index (χ0v) is 16.5. The molecule has 2 aromatic rings. The molecule has 0 bridgehead atoms. The molecule has 1 aliphatic rings. The Hall–Kier alpha value is -2.89. The van der Waals surface area contributed by atoms with Gasteiger partial charge in [0.1, 0.15) is 17.1 Å². The molecule has 1 aliphatic heterocycles. The first-order valence-electron chi connectivity index (χ1n) is 9.88. The van der Waals surface area contributed by atoms with Gasteiger partial charge in [-0.25, -0.2) is 4.98 Å². The quantitative estimate of drug-likeness (QED) is 0.845. The molecule has 0 aliphatic carbocycles. The number of amides is 2. The number of para-hydroxylation sites is 2. The van der Waals surface area contributed by atoms with Crippen molar-refractivity contribution in [2.75, 3.05) is 18.4 Å². The second-order valence-electron chi connectivity index (χ2n) is 7.23. The third kappa shape index (κ3) is 5.09. The fourth-order valence-corrected chi connectivity index (χ4v) is 3.23. The zero-order chi connectivity index (χ0) is 19.9. The fourth-order valence-electron chi connectivity index (χ4n) is 3.23. The monoisotopic (exact) mass is 381 g/mol. The topological polar surface area (TPSA) is 71.5 Å². The van der Waals surface area contributed by atoms with Crippen molar-refractivity contribution in [1.29, 1.82) is 0 Å². The molecule has 1 fully saturated rings. The Labute approximate surface area is 165 Å². The molecule has 6 heteroatoms. The van der Waals surface area contributed by atoms with E-state index in [0.29, 0.717) is 17.1 Å². The van der Waals surface area contributed by atoms with E-state index in [-0.39, 0.29) is 23.6 Å². The number of hydrogen-bond acceptors (Lipinski definition) is 4. The Morgan fingerprint density at radius 1 is 0.964 bits per heavy atom. The molecule has 28 heavy (non-hydrogen) atoms. The minimum atomic E-state index is -0.370. The number of hydrogen-bond donors (Lipinski definition) is 1. The summed E-state index contributed by atoms with van der Waals surface area (Å²) < 4.78 is 5.74. The van der Waals surface area contributed by atoms with Crippen LogP contribution in [0.1, 0.15) is 60.5 Å². The van der Waals surface area contributed by atoms with Gasteiger partial charge in [0.25, 0.3) is 11.8 Å². The van der Waals surface area contributed by atoms with Crippen LogP contribution in [0.3, 0.4) is 0 Å². The summed E-state index contributed by atoms with van der Waals surface area (Å²) in [5, 5.41) is 2.84. The molecule has 148 valence electrons. The highest BCUT2D eigenvalue weighted by atomic mass is 16.5. The van der Waals surface area contributed by atoms with Crippen LogP contribution < -0.4 is 10.1 Å². The van der Waals surface area contributed by atoms with Gasteiger partial charge in [-0.15, -0.1) is 0 Å². The van der Waals surface area contributed by atoms with Crippen LogP contribution in [0.5, 0.6) is 5.75 Å². The van der Waals surface area contributed by atoms with Gasteiger partial charge in [-0.1, -0.05) is 31.0 Å². The van der Waals surface area contributed by atoms with Gasteiger partial charge in [0.05, 0.1) is 11.8 Å². The largest absolute Gasteiger partial charge is 0.489 e. The molecule has 2 heterocycles. The molecule has 0 radical (unpaired) electrons. The molecule has 0 spiro atoms. The first-order chi connectivity index (χ1) is 13.5. The van der Waals surface area contributed by atoms with Crippen LogP contribution in [-0.4, -0.2) is 40.9 Å². The summed E-state index contributed by atoms with van der Waals surface area (Å²) in [6, 6.07) is 12.2. The van der Waals surface area contributed by atoms with E-state index in [9.17, 15) is 9.59 Å². The number of carbonyl (C=O) groups is 2. The standard InChI is InChI=1S/C22H27N3O3/c1-16(2)28-20-13-6-5-10-17(20)24-21(26)18-11-9-12-19(23-18)22(27)25-14-7-3-4-8-15-25/h5-6,9-13,16H,3-4,7-8,14-15H2,1-2H3,(H,24,26). The highest BCUT2D eigenvalue weighted by Crippen LogP contribution is 2.25. The fraction of sp³-hybridized carbons (Fsp3) is 0.409. The molecular formula is C22H27N3O3. The number of anilines is 1.